The number of pyridine rings is 1. The van der Waals surface area contributed by atoms with Gasteiger partial charge in [0.15, 0.2) is 0 Å². The minimum absolute atomic E-state index is 0.0693. The van der Waals surface area contributed by atoms with Gasteiger partial charge >= 0.3 is 0 Å². The number of rotatable bonds is 3. The smallest absolute Gasteiger partial charge is 0.274 e. The number of hydrogen-bond donors (Lipinski definition) is 2. The number of nitrogens with one attached hydrogen (secondary N) is 1. The third-order valence-corrected chi connectivity index (χ3v) is 3.16. The topological polar surface area (TPSA) is 88.1 Å². The van der Waals surface area contributed by atoms with E-state index in [0.29, 0.717) is 22.3 Å². The van der Waals surface area contributed by atoms with Gasteiger partial charge in [-0.1, -0.05) is 12.1 Å². The number of aliphatic hydroxyl groups is 1. The predicted octanol–water partition coefficient (Wildman–Crippen LogP) is 2.38. The van der Waals surface area contributed by atoms with Crippen molar-refractivity contribution in [3.8, 4) is 5.75 Å². The number of benzene rings is 1. The number of ether oxygens (including phenoxy) is 1. The molecule has 0 aliphatic heterocycles. The zero-order valence-corrected chi connectivity index (χ0v) is 11.8. The van der Waals surface area contributed by atoms with Crippen molar-refractivity contribution < 1.29 is 9.84 Å². The standard InChI is InChI=1S/C16H13N3O3/c1-22-11-4-2-3-10(7-11)15(20)8-13-16(21)19-12-5-6-17-9-14(12)18-13/h2-9,20H,1H3,(H,19,21)/b15-8-. The first kappa shape index (κ1) is 13.8. The van der Waals surface area contributed by atoms with Crippen molar-refractivity contribution in [3.05, 3.63) is 64.3 Å². The van der Waals surface area contributed by atoms with E-state index in [0.717, 1.165) is 0 Å². The molecule has 0 spiro atoms. The zero-order chi connectivity index (χ0) is 15.5. The van der Waals surface area contributed by atoms with Crippen molar-refractivity contribution in [1.82, 2.24) is 15.0 Å². The quantitative estimate of drug-likeness (QED) is 0.724. The Balaban J connectivity index is 2.07. The van der Waals surface area contributed by atoms with Gasteiger partial charge in [0.25, 0.3) is 5.56 Å². The van der Waals surface area contributed by atoms with Crippen LogP contribution in [0.15, 0.2) is 47.5 Å². The molecule has 0 aliphatic carbocycles. The number of nitrogens with zero attached hydrogens (tertiary/aromatic N) is 2. The Morgan fingerprint density at radius 3 is 3.05 bits per heavy atom. The van der Waals surface area contributed by atoms with Crippen LogP contribution in [0.25, 0.3) is 22.9 Å². The van der Waals surface area contributed by atoms with Gasteiger partial charge in [0.2, 0.25) is 0 Å². The molecule has 1 aromatic carbocycles. The largest absolute Gasteiger partial charge is 0.507 e. The van der Waals surface area contributed by atoms with E-state index in [-0.39, 0.29) is 17.0 Å². The van der Waals surface area contributed by atoms with Gasteiger partial charge in [-0.2, -0.15) is 0 Å². The third kappa shape index (κ3) is 2.67. The molecule has 0 saturated heterocycles. The van der Waals surface area contributed by atoms with Crippen LogP contribution in [0.5, 0.6) is 5.75 Å². The van der Waals surface area contributed by atoms with Gasteiger partial charge in [0, 0.05) is 17.8 Å². The molecular formula is C16H13N3O3. The molecule has 0 unspecified atom stereocenters. The lowest BCUT2D eigenvalue weighted by Crippen LogP contribution is -2.12. The highest BCUT2D eigenvalue weighted by molar-refractivity contribution is 5.78. The maximum atomic E-state index is 12.0. The molecular weight excluding hydrogens is 282 g/mol. The second kappa shape index (κ2) is 5.69. The van der Waals surface area contributed by atoms with Crippen LogP contribution in [0.1, 0.15) is 11.3 Å². The molecule has 3 rings (SSSR count). The van der Waals surface area contributed by atoms with Crippen LogP contribution in [0.3, 0.4) is 0 Å². The summed E-state index contributed by atoms with van der Waals surface area (Å²) in [6.45, 7) is 0. The van der Waals surface area contributed by atoms with E-state index in [9.17, 15) is 9.90 Å². The summed E-state index contributed by atoms with van der Waals surface area (Å²) in [6.07, 6.45) is 4.44. The van der Waals surface area contributed by atoms with E-state index >= 15 is 0 Å². The molecule has 22 heavy (non-hydrogen) atoms. The number of fused-ring (bicyclic) bond motifs is 1. The number of methoxy groups -OCH3 is 1. The number of H-pyrrole nitrogens is 1. The Kier molecular flexibility index (Phi) is 3.57. The molecule has 0 bridgehead atoms. The van der Waals surface area contributed by atoms with Crippen LogP contribution in [-0.4, -0.2) is 27.2 Å². The molecule has 110 valence electrons. The molecule has 2 heterocycles. The molecule has 0 amide bonds. The molecule has 0 fully saturated rings. The van der Waals surface area contributed by atoms with E-state index < -0.39 is 0 Å². The molecule has 0 radical (unpaired) electrons. The molecule has 0 atom stereocenters. The van der Waals surface area contributed by atoms with E-state index in [1.807, 2.05) is 0 Å². The van der Waals surface area contributed by atoms with Gasteiger partial charge in [-0.25, -0.2) is 4.98 Å². The second-order valence-electron chi connectivity index (χ2n) is 4.61. The first-order valence-corrected chi connectivity index (χ1v) is 6.56. The third-order valence-electron chi connectivity index (χ3n) is 3.16. The van der Waals surface area contributed by atoms with Crippen molar-refractivity contribution in [3.63, 3.8) is 0 Å². The fourth-order valence-electron chi connectivity index (χ4n) is 2.04. The van der Waals surface area contributed by atoms with Gasteiger partial charge in [-0.15, -0.1) is 0 Å². The van der Waals surface area contributed by atoms with Crippen molar-refractivity contribution >= 4 is 22.9 Å². The highest BCUT2D eigenvalue weighted by Gasteiger charge is 2.06. The molecule has 0 aliphatic rings. The molecule has 6 nitrogen and oxygen atoms in total. The summed E-state index contributed by atoms with van der Waals surface area (Å²) in [5.74, 6) is 0.544. The first-order valence-electron chi connectivity index (χ1n) is 6.56. The van der Waals surface area contributed by atoms with Gasteiger partial charge in [-0.05, 0) is 18.2 Å². The zero-order valence-electron chi connectivity index (χ0n) is 11.8. The SMILES string of the molecule is COc1cccc(/C(O)=C/c2nc3cnccc3[nH]c2=O)c1. The first-order chi connectivity index (χ1) is 10.7. The Labute approximate surface area is 125 Å². The van der Waals surface area contributed by atoms with Gasteiger partial charge in [0.1, 0.15) is 22.7 Å². The van der Waals surface area contributed by atoms with Gasteiger partial charge < -0.3 is 14.8 Å². The summed E-state index contributed by atoms with van der Waals surface area (Å²) >= 11 is 0. The number of aromatic nitrogens is 3. The molecule has 2 N–H and O–H groups in total. The van der Waals surface area contributed by atoms with Crippen LogP contribution in [0.4, 0.5) is 0 Å². The van der Waals surface area contributed by atoms with E-state index in [2.05, 4.69) is 15.0 Å². The van der Waals surface area contributed by atoms with E-state index in [1.54, 1.807) is 49.8 Å². The van der Waals surface area contributed by atoms with Gasteiger partial charge in [-0.3, -0.25) is 9.78 Å². The van der Waals surface area contributed by atoms with Gasteiger partial charge in [0.05, 0.1) is 18.8 Å². The predicted molar refractivity (Wildman–Crippen MR) is 83.7 cm³/mol. The minimum atomic E-state index is -0.381. The lowest BCUT2D eigenvalue weighted by atomic mass is 10.1. The lowest BCUT2D eigenvalue weighted by molar-refractivity contribution is 0.414. The summed E-state index contributed by atoms with van der Waals surface area (Å²) in [5.41, 5.74) is 1.41. The fourth-order valence-corrected chi connectivity index (χ4v) is 2.04. The molecule has 3 aromatic rings. The Hall–Kier alpha value is -3.15. The molecule has 2 aromatic heterocycles. The lowest BCUT2D eigenvalue weighted by Gasteiger charge is -2.04. The average molecular weight is 295 g/mol. The van der Waals surface area contributed by atoms with Crippen molar-refractivity contribution in [2.75, 3.05) is 7.11 Å². The monoisotopic (exact) mass is 295 g/mol. The molecule has 6 heteroatoms. The second-order valence-corrected chi connectivity index (χ2v) is 4.61. The maximum Gasteiger partial charge on any atom is 0.274 e. The highest BCUT2D eigenvalue weighted by atomic mass is 16.5. The number of hydrogen-bond acceptors (Lipinski definition) is 5. The maximum absolute atomic E-state index is 12.0. The summed E-state index contributed by atoms with van der Waals surface area (Å²) in [5, 5.41) is 10.2. The number of aromatic amines is 1. The summed E-state index contributed by atoms with van der Waals surface area (Å²) in [6, 6.07) is 8.57. The Morgan fingerprint density at radius 1 is 1.36 bits per heavy atom. The number of aliphatic hydroxyl groups excluding tert-OH is 1. The van der Waals surface area contributed by atoms with Crippen LogP contribution in [0.2, 0.25) is 0 Å². The van der Waals surface area contributed by atoms with Crippen molar-refractivity contribution in [1.29, 1.82) is 0 Å². The minimum Gasteiger partial charge on any atom is -0.507 e. The summed E-state index contributed by atoms with van der Waals surface area (Å²) in [7, 11) is 1.54. The fraction of sp³-hybridized carbons (Fsp3) is 0.0625. The Morgan fingerprint density at radius 2 is 2.23 bits per heavy atom. The van der Waals surface area contributed by atoms with Crippen LogP contribution < -0.4 is 10.3 Å². The average Bonchev–Trinajstić information content (AvgIpc) is 2.55. The van der Waals surface area contributed by atoms with Crippen LogP contribution >= 0.6 is 0 Å². The Bertz CT molecular complexity index is 916. The van der Waals surface area contributed by atoms with Crippen LogP contribution in [-0.2, 0) is 0 Å². The molecule has 0 saturated carbocycles. The van der Waals surface area contributed by atoms with E-state index in [1.165, 1.54) is 6.08 Å². The highest BCUT2D eigenvalue weighted by Crippen LogP contribution is 2.19. The normalized spacial score (nSPS) is 11.6. The summed E-state index contributed by atoms with van der Waals surface area (Å²) in [4.78, 5) is 22.9. The summed E-state index contributed by atoms with van der Waals surface area (Å²) < 4.78 is 5.11. The van der Waals surface area contributed by atoms with Crippen molar-refractivity contribution in [2.45, 2.75) is 0 Å². The van der Waals surface area contributed by atoms with E-state index in [4.69, 9.17) is 4.74 Å². The van der Waals surface area contributed by atoms with Crippen molar-refractivity contribution in [2.24, 2.45) is 0 Å². The van der Waals surface area contributed by atoms with Crippen LogP contribution in [0, 0.1) is 0 Å².